The Kier molecular flexibility index (Phi) is 6.64. The molecule has 41 heavy (non-hydrogen) atoms. The van der Waals surface area contributed by atoms with Crippen LogP contribution >= 0.6 is 0 Å². The van der Waals surface area contributed by atoms with Gasteiger partial charge in [-0.05, 0) is 67.3 Å². The zero-order valence-corrected chi connectivity index (χ0v) is 22.7. The molecule has 8 nitrogen and oxygen atoms in total. The van der Waals surface area contributed by atoms with E-state index in [1.807, 2.05) is 30.7 Å². The number of hydrogen-bond donors (Lipinski definition) is 3. The monoisotopic (exact) mass is 547 g/mol. The van der Waals surface area contributed by atoms with E-state index >= 15 is 0 Å². The lowest BCUT2D eigenvalue weighted by atomic mass is 10.0. The minimum Gasteiger partial charge on any atom is -0.497 e. The topological polar surface area (TPSA) is 104 Å². The standard InChI is InChI=1S/C32H30FN7O/c1-41-25-10-21(9-24(33)12-25)30-26-13-29(38-28(26)6-7-36-30)31-27-11-23(18-37-32(27)40-39-31)22-8-20(16-35-17-22)15-34-14-19-4-2-3-5-19/h6-13,16-19,34,38H,2-5,14-15H2,1H3,(H,37,39,40). The molecule has 1 saturated carbocycles. The molecule has 5 heterocycles. The molecular formula is C32H30FN7O. The van der Waals surface area contributed by atoms with Crippen LogP contribution in [0.15, 0.2) is 67.3 Å². The Hall–Kier alpha value is -4.63. The lowest BCUT2D eigenvalue weighted by molar-refractivity contribution is 0.411. The fourth-order valence-electron chi connectivity index (χ4n) is 5.87. The van der Waals surface area contributed by atoms with Crippen LogP contribution in [0.4, 0.5) is 4.39 Å². The largest absolute Gasteiger partial charge is 0.497 e. The highest BCUT2D eigenvalue weighted by Gasteiger charge is 2.17. The van der Waals surface area contributed by atoms with Gasteiger partial charge in [-0.1, -0.05) is 12.8 Å². The summed E-state index contributed by atoms with van der Waals surface area (Å²) in [6.45, 7) is 1.86. The number of nitrogens with zero attached hydrogens (tertiary/aromatic N) is 4. The van der Waals surface area contributed by atoms with Crippen molar-refractivity contribution in [2.45, 2.75) is 32.2 Å². The van der Waals surface area contributed by atoms with Gasteiger partial charge in [-0.2, -0.15) is 5.10 Å². The van der Waals surface area contributed by atoms with Gasteiger partial charge in [0.05, 0.1) is 18.5 Å². The molecule has 1 aliphatic carbocycles. The van der Waals surface area contributed by atoms with E-state index in [1.165, 1.54) is 44.9 Å². The van der Waals surface area contributed by atoms with E-state index in [0.29, 0.717) is 22.7 Å². The summed E-state index contributed by atoms with van der Waals surface area (Å²) in [4.78, 5) is 17.2. The van der Waals surface area contributed by atoms with Crippen molar-refractivity contribution in [1.82, 2.24) is 35.5 Å². The number of hydrogen-bond acceptors (Lipinski definition) is 6. The van der Waals surface area contributed by atoms with Crippen molar-refractivity contribution >= 4 is 21.9 Å². The molecule has 0 amide bonds. The second kappa shape index (κ2) is 10.7. The first-order valence-corrected chi connectivity index (χ1v) is 14.0. The summed E-state index contributed by atoms with van der Waals surface area (Å²) in [6, 6.07) is 12.8. The summed E-state index contributed by atoms with van der Waals surface area (Å²) < 4.78 is 19.6. The molecule has 5 aromatic heterocycles. The molecule has 0 bridgehead atoms. The van der Waals surface area contributed by atoms with Gasteiger partial charge in [0.2, 0.25) is 0 Å². The maximum Gasteiger partial charge on any atom is 0.155 e. The van der Waals surface area contributed by atoms with Gasteiger partial charge in [0, 0.05) is 70.4 Å². The molecule has 206 valence electrons. The molecule has 0 spiro atoms. The smallest absolute Gasteiger partial charge is 0.155 e. The normalized spacial score (nSPS) is 13.9. The summed E-state index contributed by atoms with van der Waals surface area (Å²) >= 11 is 0. The zero-order valence-electron chi connectivity index (χ0n) is 22.7. The average Bonchev–Trinajstić information content (AvgIpc) is 3.76. The first-order chi connectivity index (χ1) is 20.1. The third-order valence-electron chi connectivity index (χ3n) is 7.97. The van der Waals surface area contributed by atoms with Crippen molar-refractivity contribution in [1.29, 1.82) is 0 Å². The summed E-state index contributed by atoms with van der Waals surface area (Å²) in [5, 5.41) is 13.0. The predicted octanol–water partition coefficient (Wildman–Crippen LogP) is 6.66. The maximum absolute atomic E-state index is 14.3. The minimum absolute atomic E-state index is 0.381. The predicted molar refractivity (Wildman–Crippen MR) is 158 cm³/mol. The summed E-state index contributed by atoms with van der Waals surface area (Å²) in [7, 11) is 1.52. The highest BCUT2D eigenvalue weighted by molar-refractivity contribution is 6.00. The van der Waals surface area contributed by atoms with Crippen molar-refractivity contribution < 1.29 is 9.13 Å². The number of ether oxygens (including phenoxy) is 1. The fraction of sp³-hybridized carbons (Fsp3) is 0.250. The Balaban J connectivity index is 1.21. The van der Waals surface area contributed by atoms with Crippen LogP contribution in [-0.4, -0.2) is 43.8 Å². The molecule has 0 unspecified atom stereocenters. The average molecular weight is 548 g/mol. The molecule has 6 aromatic rings. The Morgan fingerprint density at radius 2 is 1.80 bits per heavy atom. The van der Waals surface area contributed by atoms with E-state index in [2.05, 4.69) is 47.6 Å². The second-order valence-corrected chi connectivity index (χ2v) is 10.7. The third-order valence-corrected chi connectivity index (χ3v) is 7.97. The second-order valence-electron chi connectivity index (χ2n) is 10.7. The van der Waals surface area contributed by atoms with E-state index in [1.54, 1.807) is 12.3 Å². The first-order valence-electron chi connectivity index (χ1n) is 14.0. The van der Waals surface area contributed by atoms with Gasteiger partial charge in [0.15, 0.2) is 5.65 Å². The van der Waals surface area contributed by atoms with Crippen LogP contribution < -0.4 is 10.1 Å². The molecule has 9 heteroatoms. The molecule has 0 aliphatic heterocycles. The van der Waals surface area contributed by atoms with Gasteiger partial charge in [-0.3, -0.25) is 15.1 Å². The van der Waals surface area contributed by atoms with E-state index in [-0.39, 0.29) is 5.82 Å². The molecule has 1 fully saturated rings. The Labute approximate surface area is 236 Å². The highest BCUT2D eigenvalue weighted by Crippen LogP contribution is 2.35. The van der Waals surface area contributed by atoms with E-state index in [4.69, 9.17) is 4.74 Å². The van der Waals surface area contributed by atoms with Crippen LogP contribution in [0.1, 0.15) is 31.2 Å². The number of halogens is 1. The first kappa shape index (κ1) is 25.3. The van der Waals surface area contributed by atoms with Gasteiger partial charge in [0.1, 0.15) is 17.3 Å². The van der Waals surface area contributed by atoms with Gasteiger partial charge in [-0.15, -0.1) is 0 Å². The number of pyridine rings is 3. The van der Waals surface area contributed by atoms with Crippen LogP contribution in [-0.2, 0) is 6.54 Å². The van der Waals surface area contributed by atoms with Gasteiger partial charge in [0.25, 0.3) is 0 Å². The van der Waals surface area contributed by atoms with Crippen molar-refractivity contribution in [3.63, 3.8) is 0 Å². The Bertz CT molecular complexity index is 1850. The van der Waals surface area contributed by atoms with Crippen LogP contribution in [0, 0.1) is 11.7 Å². The summed E-state index contributed by atoms with van der Waals surface area (Å²) in [6.07, 6.45) is 12.7. The lowest BCUT2D eigenvalue weighted by Gasteiger charge is -2.11. The summed E-state index contributed by atoms with van der Waals surface area (Å²) in [5.74, 6) is 0.856. The molecule has 0 atom stereocenters. The molecule has 3 N–H and O–H groups in total. The Morgan fingerprint density at radius 3 is 2.68 bits per heavy atom. The van der Waals surface area contributed by atoms with Crippen LogP contribution in [0.25, 0.3) is 55.7 Å². The van der Waals surface area contributed by atoms with Gasteiger partial charge < -0.3 is 15.0 Å². The van der Waals surface area contributed by atoms with Crippen molar-refractivity contribution in [3.8, 4) is 39.5 Å². The van der Waals surface area contributed by atoms with Crippen LogP contribution in [0.2, 0.25) is 0 Å². The number of rotatable bonds is 8. The molecule has 0 saturated heterocycles. The van der Waals surface area contributed by atoms with Gasteiger partial charge in [-0.25, -0.2) is 9.37 Å². The molecule has 7 rings (SSSR count). The number of fused-ring (bicyclic) bond motifs is 2. The number of aromatic amines is 2. The minimum atomic E-state index is -0.381. The lowest BCUT2D eigenvalue weighted by Crippen LogP contribution is -2.20. The molecule has 1 aliphatic rings. The molecular weight excluding hydrogens is 517 g/mol. The quantitative estimate of drug-likeness (QED) is 0.197. The van der Waals surface area contributed by atoms with E-state index in [0.717, 1.165) is 63.4 Å². The highest BCUT2D eigenvalue weighted by atomic mass is 19.1. The summed E-state index contributed by atoms with van der Waals surface area (Å²) in [5.41, 5.74) is 7.54. The fourth-order valence-corrected chi connectivity index (χ4v) is 5.87. The number of benzene rings is 1. The van der Waals surface area contributed by atoms with Crippen molar-refractivity contribution in [2.24, 2.45) is 5.92 Å². The van der Waals surface area contributed by atoms with Crippen molar-refractivity contribution in [3.05, 3.63) is 78.6 Å². The maximum atomic E-state index is 14.3. The zero-order chi connectivity index (χ0) is 27.8. The number of H-pyrrole nitrogens is 2. The number of nitrogens with one attached hydrogen (secondary N) is 3. The third kappa shape index (κ3) is 5.04. The number of methoxy groups -OCH3 is 1. The van der Waals surface area contributed by atoms with Gasteiger partial charge >= 0.3 is 0 Å². The molecule has 1 aromatic carbocycles. The van der Waals surface area contributed by atoms with E-state index < -0.39 is 0 Å². The molecule has 0 radical (unpaired) electrons. The SMILES string of the molecule is COc1cc(F)cc(-c2nccc3[nH]c(-c4n[nH]c5ncc(-c6cncc(CNCC7CCCC7)c6)cc45)cc23)c1. The van der Waals surface area contributed by atoms with E-state index in [9.17, 15) is 4.39 Å². The van der Waals surface area contributed by atoms with Crippen molar-refractivity contribution in [2.75, 3.05) is 13.7 Å². The van der Waals surface area contributed by atoms with Crippen LogP contribution in [0.3, 0.4) is 0 Å². The Morgan fingerprint density at radius 1 is 0.927 bits per heavy atom. The number of aromatic nitrogens is 6. The van der Waals surface area contributed by atoms with Crippen LogP contribution in [0.5, 0.6) is 5.75 Å².